The summed E-state index contributed by atoms with van der Waals surface area (Å²) in [6.45, 7) is 5.97. The molecule has 7 nitrogen and oxygen atoms in total. The molecule has 168 valence electrons. The second-order valence-corrected chi connectivity index (χ2v) is 12.5. The molecule has 0 radical (unpaired) electrons. The normalized spacial score (nSPS) is 27.5. The third-order valence-electron chi connectivity index (χ3n) is 6.23. The van der Waals surface area contributed by atoms with Gasteiger partial charge < -0.3 is 9.64 Å². The van der Waals surface area contributed by atoms with Crippen molar-refractivity contribution in [2.24, 2.45) is 0 Å². The van der Waals surface area contributed by atoms with Gasteiger partial charge in [0.15, 0.2) is 9.84 Å². The summed E-state index contributed by atoms with van der Waals surface area (Å²) in [5, 5.41) is 0. The highest BCUT2D eigenvalue weighted by molar-refractivity contribution is 7.91. The molecule has 1 aromatic heterocycles. The van der Waals surface area contributed by atoms with Crippen LogP contribution in [0.3, 0.4) is 0 Å². The molecule has 1 aromatic rings. The smallest absolute Gasteiger partial charge is 0.237 e. The molecule has 1 amide bonds. The van der Waals surface area contributed by atoms with Gasteiger partial charge in [-0.15, -0.1) is 11.3 Å². The Morgan fingerprint density at radius 3 is 2.57 bits per heavy atom. The number of hydrogen-bond donors (Lipinski definition) is 0. The van der Waals surface area contributed by atoms with E-state index in [9.17, 15) is 13.2 Å². The van der Waals surface area contributed by atoms with Crippen molar-refractivity contribution < 1.29 is 17.9 Å². The van der Waals surface area contributed by atoms with E-state index in [1.54, 1.807) is 16.2 Å². The Kier molecular flexibility index (Phi) is 7.37. The Balaban J connectivity index is 1.30. The summed E-state index contributed by atoms with van der Waals surface area (Å²) in [5.41, 5.74) is 0. The zero-order chi connectivity index (χ0) is 21.1. The molecule has 0 N–H and O–H groups in total. The summed E-state index contributed by atoms with van der Waals surface area (Å²) in [5.74, 6) is 0.298. The molecule has 3 fully saturated rings. The highest BCUT2D eigenvalue weighted by Gasteiger charge is 2.37. The number of halogens is 1. The lowest BCUT2D eigenvalue weighted by Gasteiger charge is -2.36. The number of ether oxygens (including phenoxy) is 1. The van der Waals surface area contributed by atoms with Crippen molar-refractivity contribution in [2.75, 3.05) is 57.4 Å². The number of amides is 1. The number of nitrogens with zero attached hydrogens (tertiary/aromatic N) is 3. The topological polar surface area (TPSA) is 70.2 Å². The van der Waals surface area contributed by atoms with E-state index in [0.29, 0.717) is 19.5 Å². The lowest BCUT2D eigenvalue weighted by Crippen LogP contribution is -2.52. The average Bonchev–Trinajstić information content (AvgIpc) is 3.43. The minimum Gasteiger partial charge on any atom is -0.376 e. The first-order chi connectivity index (χ1) is 14.4. The van der Waals surface area contributed by atoms with Crippen molar-refractivity contribution in [1.29, 1.82) is 0 Å². The number of carbonyl (C=O) groups is 1. The second-order valence-electron chi connectivity index (χ2n) is 8.50. The standard InChI is InChI=1S/C20H30ClN3O4S2/c21-19-4-3-18(29-19)13-22-6-8-23(9-7-22)14-20(25)24(12-17-2-1-10-28-17)16-5-11-30(26,27)15-16/h3-4,16-17H,1-2,5-15H2. The van der Waals surface area contributed by atoms with Crippen molar-refractivity contribution in [3.05, 3.63) is 21.3 Å². The fraction of sp³-hybridized carbons (Fsp3) is 0.750. The molecule has 0 aliphatic carbocycles. The summed E-state index contributed by atoms with van der Waals surface area (Å²) in [6.07, 6.45) is 2.52. The van der Waals surface area contributed by atoms with Crippen LogP contribution in [-0.4, -0.2) is 98.6 Å². The van der Waals surface area contributed by atoms with Crippen molar-refractivity contribution in [3.63, 3.8) is 0 Å². The SMILES string of the molecule is O=C(CN1CCN(Cc2ccc(Cl)s2)CC1)N(CC1CCCO1)C1CCS(=O)(=O)C1. The maximum atomic E-state index is 13.2. The molecule has 3 aliphatic heterocycles. The van der Waals surface area contributed by atoms with Gasteiger partial charge in [0.25, 0.3) is 0 Å². The molecule has 4 rings (SSSR count). The lowest BCUT2D eigenvalue weighted by atomic mass is 10.1. The Morgan fingerprint density at radius 1 is 1.20 bits per heavy atom. The van der Waals surface area contributed by atoms with E-state index in [1.807, 2.05) is 6.07 Å². The van der Waals surface area contributed by atoms with E-state index in [0.717, 1.165) is 56.5 Å². The number of thiophene rings is 1. The van der Waals surface area contributed by atoms with Crippen LogP contribution in [0.25, 0.3) is 0 Å². The van der Waals surface area contributed by atoms with Crippen LogP contribution in [0, 0.1) is 0 Å². The van der Waals surface area contributed by atoms with Gasteiger partial charge >= 0.3 is 0 Å². The summed E-state index contributed by atoms with van der Waals surface area (Å²) in [7, 11) is -3.04. The van der Waals surface area contributed by atoms with Gasteiger partial charge in [-0.2, -0.15) is 0 Å². The number of carbonyl (C=O) groups excluding carboxylic acids is 1. The second kappa shape index (κ2) is 9.83. The Morgan fingerprint density at radius 2 is 1.97 bits per heavy atom. The molecular formula is C20H30ClN3O4S2. The van der Waals surface area contributed by atoms with E-state index >= 15 is 0 Å². The van der Waals surface area contributed by atoms with E-state index in [4.69, 9.17) is 16.3 Å². The van der Waals surface area contributed by atoms with Crippen LogP contribution in [-0.2, 0) is 25.9 Å². The molecule has 0 saturated carbocycles. The molecule has 10 heteroatoms. The van der Waals surface area contributed by atoms with Gasteiger partial charge in [0, 0.05) is 56.8 Å². The van der Waals surface area contributed by atoms with Gasteiger partial charge in [-0.25, -0.2) is 8.42 Å². The first-order valence-corrected chi connectivity index (χ1v) is 13.7. The largest absolute Gasteiger partial charge is 0.376 e. The van der Waals surface area contributed by atoms with Crippen molar-refractivity contribution >= 4 is 38.7 Å². The van der Waals surface area contributed by atoms with Crippen LogP contribution >= 0.6 is 22.9 Å². The molecule has 30 heavy (non-hydrogen) atoms. The van der Waals surface area contributed by atoms with Gasteiger partial charge in [0.1, 0.15) is 0 Å². The number of piperazine rings is 1. The van der Waals surface area contributed by atoms with Crippen LogP contribution in [0.2, 0.25) is 4.34 Å². The minimum absolute atomic E-state index is 0.0334. The van der Waals surface area contributed by atoms with Crippen LogP contribution in [0.1, 0.15) is 24.1 Å². The van der Waals surface area contributed by atoms with Crippen LogP contribution in [0.5, 0.6) is 0 Å². The molecule has 2 atom stereocenters. The minimum atomic E-state index is -3.04. The molecule has 0 spiro atoms. The highest BCUT2D eigenvalue weighted by Crippen LogP contribution is 2.24. The summed E-state index contributed by atoms with van der Waals surface area (Å²) < 4.78 is 30.5. The third kappa shape index (κ3) is 5.95. The zero-order valence-corrected chi connectivity index (χ0v) is 19.6. The Labute approximate surface area is 187 Å². The van der Waals surface area contributed by atoms with Crippen LogP contribution in [0.15, 0.2) is 12.1 Å². The van der Waals surface area contributed by atoms with Gasteiger partial charge in [0.2, 0.25) is 5.91 Å². The third-order valence-corrected chi connectivity index (χ3v) is 9.19. The predicted octanol–water partition coefficient (Wildman–Crippen LogP) is 1.71. The number of hydrogen-bond acceptors (Lipinski definition) is 7. The first-order valence-electron chi connectivity index (χ1n) is 10.7. The Hall–Kier alpha value is -0.710. The molecule has 3 aliphatic rings. The molecule has 3 saturated heterocycles. The molecule has 0 bridgehead atoms. The van der Waals surface area contributed by atoms with Gasteiger partial charge in [-0.05, 0) is 31.4 Å². The van der Waals surface area contributed by atoms with E-state index in [1.165, 1.54) is 4.88 Å². The van der Waals surface area contributed by atoms with Crippen molar-refractivity contribution in [2.45, 2.75) is 38.0 Å². The molecule has 4 heterocycles. The first kappa shape index (κ1) is 22.5. The average molecular weight is 476 g/mol. The zero-order valence-electron chi connectivity index (χ0n) is 17.2. The highest BCUT2D eigenvalue weighted by atomic mass is 35.5. The van der Waals surface area contributed by atoms with Gasteiger partial charge in [-0.1, -0.05) is 11.6 Å². The van der Waals surface area contributed by atoms with Gasteiger partial charge in [0.05, 0.1) is 28.5 Å². The summed E-state index contributed by atoms with van der Waals surface area (Å²) in [4.78, 5) is 20.8. The number of sulfone groups is 1. The lowest BCUT2D eigenvalue weighted by molar-refractivity contribution is -0.136. The quantitative estimate of drug-likeness (QED) is 0.598. The van der Waals surface area contributed by atoms with E-state index in [-0.39, 0.29) is 29.6 Å². The Bertz CT molecular complexity index is 833. The summed E-state index contributed by atoms with van der Waals surface area (Å²) >= 11 is 7.64. The predicted molar refractivity (Wildman–Crippen MR) is 119 cm³/mol. The molecular weight excluding hydrogens is 446 g/mol. The van der Waals surface area contributed by atoms with Crippen molar-refractivity contribution in [1.82, 2.24) is 14.7 Å². The molecule has 0 aromatic carbocycles. The van der Waals surface area contributed by atoms with E-state index in [2.05, 4.69) is 15.9 Å². The maximum Gasteiger partial charge on any atom is 0.237 e. The van der Waals surface area contributed by atoms with Crippen molar-refractivity contribution in [3.8, 4) is 0 Å². The fourth-order valence-electron chi connectivity index (χ4n) is 4.53. The van der Waals surface area contributed by atoms with E-state index < -0.39 is 9.84 Å². The van der Waals surface area contributed by atoms with Crippen LogP contribution in [0.4, 0.5) is 0 Å². The molecule has 2 unspecified atom stereocenters. The van der Waals surface area contributed by atoms with Gasteiger partial charge in [-0.3, -0.25) is 14.6 Å². The maximum absolute atomic E-state index is 13.2. The van der Waals surface area contributed by atoms with Crippen LogP contribution < -0.4 is 0 Å². The summed E-state index contributed by atoms with van der Waals surface area (Å²) in [6, 6.07) is 3.79. The fourth-order valence-corrected chi connectivity index (χ4v) is 7.39. The number of rotatable bonds is 7. The monoisotopic (exact) mass is 475 g/mol.